The predicted molar refractivity (Wildman–Crippen MR) is 84.9 cm³/mol. The van der Waals surface area contributed by atoms with Gasteiger partial charge in [-0.25, -0.2) is 0 Å². The van der Waals surface area contributed by atoms with Crippen molar-refractivity contribution in [1.82, 2.24) is 5.32 Å². The average Bonchev–Trinajstić information content (AvgIpc) is 3.22. The van der Waals surface area contributed by atoms with Crippen LogP contribution in [0, 0.1) is 0 Å². The number of carboxylic acids is 1. The number of halogens is 3. The zero-order valence-corrected chi connectivity index (χ0v) is 17.4. The molecule has 2 aliphatic heterocycles. The summed E-state index contributed by atoms with van der Waals surface area (Å²) in [6.07, 6.45) is -6.44. The Morgan fingerprint density at radius 2 is 1.90 bits per heavy atom. The molecule has 2 heterocycles. The van der Waals surface area contributed by atoms with E-state index in [1.165, 1.54) is 17.0 Å². The first-order chi connectivity index (χ1) is 13.1. The molecule has 2 aliphatic rings. The zero-order chi connectivity index (χ0) is 20.5. The second-order valence-corrected chi connectivity index (χ2v) is 6.39. The van der Waals surface area contributed by atoms with Gasteiger partial charge in [0.25, 0.3) is 0 Å². The van der Waals surface area contributed by atoms with Gasteiger partial charge < -0.3 is 29.6 Å². The number of hydrogen-bond donors (Lipinski definition) is 1. The maximum atomic E-state index is 12.5. The molecule has 3 atom stereocenters. The van der Waals surface area contributed by atoms with Gasteiger partial charge >= 0.3 is 35.9 Å². The van der Waals surface area contributed by atoms with Crippen molar-refractivity contribution in [1.29, 1.82) is 0 Å². The van der Waals surface area contributed by atoms with Gasteiger partial charge in [-0.05, 0) is 31.4 Å². The maximum Gasteiger partial charge on any atom is 1.00 e. The Hall–Kier alpha value is -1.82. The molecule has 2 saturated heterocycles. The number of rotatable bonds is 5. The summed E-state index contributed by atoms with van der Waals surface area (Å²) in [5, 5.41) is 13.3. The van der Waals surface area contributed by atoms with Crippen LogP contribution in [-0.4, -0.2) is 48.9 Å². The Labute approximate surface area is 185 Å². The van der Waals surface area contributed by atoms with E-state index in [-0.39, 0.29) is 61.1 Å². The van der Waals surface area contributed by atoms with Gasteiger partial charge in [0, 0.05) is 18.3 Å². The molecule has 3 unspecified atom stereocenters. The third-order valence-corrected chi connectivity index (χ3v) is 4.46. The number of hydrogen-bond acceptors (Lipinski definition) is 6. The number of amides is 2. The van der Waals surface area contributed by atoms with Crippen LogP contribution in [0.25, 0.3) is 0 Å². The van der Waals surface area contributed by atoms with Gasteiger partial charge in [-0.2, -0.15) is 0 Å². The number of nitrogens with one attached hydrogen (secondary N) is 1. The van der Waals surface area contributed by atoms with Crippen molar-refractivity contribution in [3.63, 3.8) is 0 Å². The molecule has 0 bridgehead atoms. The van der Waals surface area contributed by atoms with Crippen LogP contribution in [0.2, 0.25) is 0 Å². The predicted octanol–water partition coefficient (Wildman–Crippen LogP) is -2.89. The summed E-state index contributed by atoms with van der Waals surface area (Å²) in [5.74, 6) is -2.97. The summed E-state index contributed by atoms with van der Waals surface area (Å²) in [4.78, 5) is 36.7. The molecule has 29 heavy (non-hydrogen) atoms. The van der Waals surface area contributed by atoms with Crippen molar-refractivity contribution >= 4 is 23.5 Å². The molecule has 0 saturated carbocycles. The van der Waals surface area contributed by atoms with Gasteiger partial charge in [-0.15, -0.1) is 13.2 Å². The van der Waals surface area contributed by atoms with E-state index in [2.05, 4.69) is 10.1 Å². The minimum absolute atomic E-state index is 0. The van der Waals surface area contributed by atoms with Crippen LogP contribution in [0.3, 0.4) is 0 Å². The fraction of sp³-hybridized carbons (Fsp3) is 0.471. The smallest absolute Gasteiger partial charge is 0.547 e. The summed E-state index contributed by atoms with van der Waals surface area (Å²) in [7, 11) is 0. The summed E-state index contributed by atoms with van der Waals surface area (Å²) in [6, 6.07) is 4.09. The van der Waals surface area contributed by atoms with Crippen LogP contribution in [0.4, 0.5) is 18.9 Å². The third kappa shape index (κ3) is 5.84. The number of benzene rings is 1. The van der Waals surface area contributed by atoms with E-state index in [0.29, 0.717) is 0 Å². The standard InChI is InChI=1S/C17H17F3N2O6.Na/c18-17(19,20)28-10-3-1-2-9(8-10)22-7-6-11(15(22)24)21-14(23)12-4-5-13(27-12)16(25)26;/h1-3,8,11-13H,4-7H2,(H,21,23)(H,25,26);/q;+1/p-1. The number of carbonyl (C=O) groups excluding carboxylic acids is 3. The SMILES string of the molecule is O=C([O-])C1CCC(C(=O)NC2CCN(c3cccc(OC(F)(F)F)c3)C2=O)O1.[Na+]. The first kappa shape index (κ1) is 23.5. The number of carbonyl (C=O) groups is 3. The Kier molecular flexibility index (Phi) is 7.55. The number of carboxylic acid groups (broad SMARTS) is 1. The van der Waals surface area contributed by atoms with Crippen LogP contribution >= 0.6 is 0 Å². The Balaban J connectivity index is 0.00000300. The van der Waals surface area contributed by atoms with E-state index >= 15 is 0 Å². The normalized spacial score (nSPS) is 24.2. The number of nitrogens with zero attached hydrogens (tertiary/aromatic N) is 1. The molecule has 0 aliphatic carbocycles. The Bertz CT molecular complexity index is 791. The molecule has 0 radical (unpaired) electrons. The van der Waals surface area contributed by atoms with Crippen LogP contribution in [0.15, 0.2) is 24.3 Å². The fourth-order valence-electron chi connectivity index (χ4n) is 3.19. The van der Waals surface area contributed by atoms with Gasteiger partial charge in [0.15, 0.2) is 0 Å². The van der Waals surface area contributed by atoms with E-state index in [4.69, 9.17) is 4.74 Å². The molecule has 3 rings (SSSR count). The molecule has 8 nitrogen and oxygen atoms in total. The number of anilines is 1. The number of ether oxygens (including phenoxy) is 2. The van der Waals surface area contributed by atoms with E-state index in [1.54, 1.807) is 0 Å². The van der Waals surface area contributed by atoms with E-state index in [0.717, 1.165) is 12.1 Å². The van der Waals surface area contributed by atoms with Gasteiger partial charge in [0.05, 0.1) is 12.1 Å². The summed E-state index contributed by atoms with van der Waals surface area (Å²) in [6.45, 7) is 0.187. The van der Waals surface area contributed by atoms with E-state index in [1.807, 2.05) is 0 Å². The van der Waals surface area contributed by atoms with Gasteiger partial charge in [-0.3, -0.25) is 9.59 Å². The molecule has 2 amide bonds. The van der Waals surface area contributed by atoms with E-state index in [9.17, 15) is 32.7 Å². The van der Waals surface area contributed by atoms with E-state index < -0.39 is 48.1 Å². The third-order valence-electron chi connectivity index (χ3n) is 4.46. The van der Waals surface area contributed by atoms with Gasteiger partial charge in [-0.1, -0.05) is 6.07 Å². The first-order valence-corrected chi connectivity index (χ1v) is 8.48. The van der Waals surface area contributed by atoms with Gasteiger partial charge in [0.1, 0.15) is 17.9 Å². The molecule has 0 aromatic heterocycles. The fourth-order valence-corrected chi connectivity index (χ4v) is 3.19. The van der Waals surface area contributed by atoms with Crippen LogP contribution in [-0.2, 0) is 19.1 Å². The Morgan fingerprint density at radius 3 is 2.52 bits per heavy atom. The van der Waals surface area contributed by atoms with Crippen molar-refractivity contribution < 1.29 is 71.7 Å². The quantitative estimate of drug-likeness (QED) is 0.509. The maximum absolute atomic E-state index is 12.5. The average molecular weight is 424 g/mol. The summed E-state index contributed by atoms with van der Waals surface area (Å²) >= 11 is 0. The van der Waals surface area contributed by atoms with Crippen molar-refractivity contribution in [2.45, 2.75) is 43.9 Å². The second-order valence-electron chi connectivity index (χ2n) is 6.39. The Morgan fingerprint density at radius 1 is 1.21 bits per heavy atom. The molecular formula is C17H16F3N2NaO6. The molecule has 152 valence electrons. The number of aliphatic carboxylic acids is 1. The first-order valence-electron chi connectivity index (χ1n) is 8.48. The van der Waals surface area contributed by atoms with Crippen molar-refractivity contribution in [3.8, 4) is 5.75 Å². The summed E-state index contributed by atoms with van der Waals surface area (Å²) in [5.41, 5.74) is 0.206. The topological polar surface area (TPSA) is 108 Å². The van der Waals surface area contributed by atoms with Crippen molar-refractivity contribution in [3.05, 3.63) is 24.3 Å². The molecule has 1 N–H and O–H groups in total. The molecule has 0 spiro atoms. The molecule has 12 heteroatoms. The number of alkyl halides is 3. The zero-order valence-electron chi connectivity index (χ0n) is 15.4. The molecular weight excluding hydrogens is 408 g/mol. The minimum Gasteiger partial charge on any atom is -0.547 e. The molecule has 1 aromatic rings. The van der Waals surface area contributed by atoms with Crippen LogP contribution < -0.4 is 49.6 Å². The van der Waals surface area contributed by atoms with Crippen molar-refractivity contribution in [2.24, 2.45) is 0 Å². The van der Waals surface area contributed by atoms with Crippen LogP contribution in [0.1, 0.15) is 19.3 Å². The molecule has 1 aromatic carbocycles. The second kappa shape index (κ2) is 9.33. The monoisotopic (exact) mass is 424 g/mol. The summed E-state index contributed by atoms with van der Waals surface area (Å²) < 4.78 is 46.0. The molecule has 2 fully saturated rings. The minimum atomic E-state index is -4.85. The van der Waals surface area contributed by atoms with Crippen LogP contribution in [0.5, 0.6) is 5.75 Å². The van der Waals surface area contributed by atoms with Gasteiger partial charge in [0.2, 0.25) is 11.8 Å². The largest absolute Gasteiger partial charge is 1.00 e. The van der Waals surface area contributed by atoms with Crippen molar-refractivity contribution in [2.75, 3.05) is 11.4 Å².